The molecule has 2 aromatic carbocycles. The van der Waals surface area contributed by atoms with Gasteiger partial charge in [-0.25, -0.2) is 9.18 Å². The van der Waals surface area contributed by atoms with Crippen LogP contribution in [-0.4, -0.2) is 22.1 Å². The topological polar surface area (TPSA) is 58.4 Å². The minimum absolute atomic E-state index is 0.0234. The molecular weight excluding hydrogens is 333 g/mol. The van der Waals surface area contributed by atoms with Crippen LogP contribution >= 0.6 is 0 Å². The highest BCUT2D eigenvalue weighted by atomic mass is 19.1. The maximum Gasteiger partial charge on any atom is 0.322 e. The van der Waals surface area contributed by atoms with Gasteiger partial charge in [0, 0.05) is 23.4 Å². The van der Waals surface area contributed by atoms with Crippen molar-refractivity contribution in [3.05, 3.63) is 72.2 Å². The van der Waals surface area contributed by atoms with Gasteiger partial charge in [0.05, 0.1) is 6.54 Å². The van der Waals surface area contributed by atoms with Crippen molar-refractivity contribution in [3.63, 3.8) is 0 Å². The fourth-order valence-corrected chi connectivity index (χ4v) is 2.52. The molecule has 0 fully saturated rings. The molecule has 134 valence electrons. The number of amides is 2. The van der Waals surface area contributed by atoms with E-state index < -0.39 is 0 Å². The average molecular weight is 353 g/mol. The van der Waals surface area contributed by atoms with E-state index in [4.69, 9.17) is 4.52 Å². The van der Waals surface area contributed by atoms with E-state index >= 15 is 0 Å². The molecule has 0 spiro atoms. The molecule has 26 heavy (non-hydrogen) atoms. The molecule has 0 atom stereocenters. The molecule has 0 aliphatic heterocycles. The molecule has 1 N–H and O–H groups in total. The fraction of sp³-hybridized carbons (Fsp3) is 0.200. The summed E-state index contributed by atoms with van der Waals surface area (Å²) in [5, 5.41) is 6.91. The minimum atomic E-state index is -0.308. The van der Waals surface area contributed by atoms with Gasteiger partial charge in [-0.15, -0.1) is 0 Å². The zero-order valence-corrected chi connectivity index (χ0v) is 14.6. The summed E-state index contributed by atoms with van der Waals surface area (Å²) >= 11 is 0. The highest BCUT2D eigenvalue weighted by molar-refractivity contribution is 5.89. The third-order valence-corrected chi connectivity index (χ3v) is 3.93. The van der Waals surface area contributed by atoms with Crippen molar-refractivity contribution in [1.29, 1.82) is 0 Å². The Morgan fingerprint density at radius 2 is 1.85 bits per heavy atom. The van der Waals surface area contributed by atoms with E-state index in [-0.39, 0.29) is 17.9 Å². The van der Waals surface area contributed by atoms with Gasteiger partial charge in [0.1, 0.15) is 11.5 Å². The van der Waals surface area contributed by atoms with Crippen LogP contribution in [0.3, 0.4) is 0 Å². The quantitative estimate of drug-likeness (QED) is 0.708. The maximum absolute atomic E-state index is 13.0. The van der Waals surface area contributed by atoms with Crippen LogP contribution in [0, 0.1) is 5.82 Å². The van der Waals surface area contributed by atoms with E-state index in [1.807, 2.05) is 44.2 Å². The molecule has 0 aliphatic carbocycles. The van der Waals surface area contributed by atoms with Crippen molar-refractivity contribution in [2.45, 2.75) is 26.4 Å². The molecule has 3 aromatic rings. The molecule has 6 heteroatoms. The second kappa shape index (κ2) is 7.82. The Balaban J connectivity index is 1.72. The first-order valence-corrected chi connectivity index (χ1v) is 8.37. The van der Waals surface area contributed by atoms with E-state index in [1.54, 1.807) is 23.1 Å². The molecule has 0 saturated heterocycles. The van der Waals surface area contributed by atoms with E-state index in [0.29, 0.717) is 18.0 Å². The van der Waals surface area contributed by atoms with Crippen LogP contribution in [0.2, 0.25) is 0 Å². The molecule has 0 unspecified atom stereocenters. The van der Waals surface area contributed by atoms with Gasteiger partial charge in [0.2, 0.25) is 0 Å². The largest absolute Gasteiger partial charge is 0.356 e. The normalized spacial score (nSPS) is 10.8. The van der Waals surface area contributed by atoms with Crippen molar-refractivity contribution in [1.82, 2.24) is 10.1 Å². The van der Waals surface area contributed by atoms with Crippen molar-refractivity contribution < 1.29 is 13.7 Å². The monoisotopic (exact) mass is 353 g/mol. The van der Waals surface area contributed by atoms with Crippen LogP contribution in [-0.2, 0) is 6.54 Å². The predicted molar refractivity (Wildman–Crippen MR) is 98.0 cm³/mol. The number of carbonyl (C=O) groups is 1. The molecule has 0 bridgehead atoms. The first-order chi connectivity index (χ1) is 12.5. The van der Waals surface area contributed by atoms with Gasteiger partial charge < -0.3 is 14.7 Å². The highest BCUT2D eigenvalue weighted by Crippen LogP contribution is 2.22. The number of carbonyl (C=O) groups excluding carboxylic acids is 1. The molecular formula is C20H20FN3O2. The van der Waals surface area contributed by atoms with Gasteiger partial charge in [0.25, 0.3) is 0 Å². The van der Waals surface area contributed by atoms with Crippen LogP contribution in [0.25, 0.3) is 11.3 Å². The highest BCUT2D eigenvalue weighted by Gasteiger charge is 2.19. The Morgan fingerprint density at radius 3 is 2.50 bits per heavy atom. The summed E-state index contributed by atoms with van der Waals surface area (Å²) in [6.45, 7) is 4.18. The molecule has 0 radical (unpaired) electrons. The SMILES string of the molecule is CC(C)N(Cc1cc(-c2ccc(F)cc2)on1)C(=O)Nc1ccccc1. The number of para-hydroxylation sites is 1. The number of hydrogen-bond donors (Lipinski definition) is 1. The standard InChI is InChI=1S/C20H20FN3O2/c1-14(2)24(20(25)22-17-6-4-3-5-7-17)13-18-12-19(26-23-18)15-8-10-16(21)11-9-15/h3-12,14H,13H2,1-2H3,(H,22,25). The lowest BCUT2D eigenvalue weighted by Gasteiger charge is -2.26. The van der Waals surface area contributed by atoms with Crippen molar-refractivity contribution in [2.24, 2.45) is 0 Å². The first kappa shape index (κ1) is 17.7. The number of halogens is 1. The summed E-state index contributed by atoms with van der Waals surface area (Å²) in [5.41, 5.74) is 2.09. The molecule has 1 aromatic heterocycles. The molecule has 1 heterocycles. The number of urea groups is 1. The van der Waals surface area contributed by atoms with Crippen LogP contribution < -0.4 is 5.32 Å². The lowest BCUT2D eigenvalue weighted by Crippen LogP contribution is -2.39. The summed E-state index contributed by atoms with van der Waals surface area (Å²) in [6.07, 6.45) is 0. The summed E-state index contributed by atoms with van der Waals surface area (Å²) in [6, 6.07) is 16.8. The Labute approximate surface area is 151 Å². The molecule has 3 rings (SSSR count). The Kier molecular flexibility index (Phi) is 5.31. The predicted octanol–water partition coefficient (Wildman–Crippen LogP) is 4.92. The summed E-state index contributed by atoms with van der Waals surface area (Å²) in [7, 11) is 0. The lowest BCUT2D eigenvalue weighted by atomic mass is 10.1. The molecule has 0 aliphatic rings. The van der Waals surface area contributed by atoms with Gasteiger partial charge in [-0.2, -0.15) is 0 Å². The second-order valence-electron chi connectivity index (χ2n) is 6.21. The van der Waals surface area contributed by atoms with Gasteiger partial charge in [-0.1, -0.05) is 23.4 Å². The Hall–Kier alpha value is -3.15. The number of aromatic nitrogens is 1. The smallest absolute Gasteiger partial charge is 0.322 e. The van der Waals surface area contributed by atoms with E-state index in [2.05, 4.69) is 10.5 Å². The Bertz CT molecular complexity index is 860. The van der Waals surface area contributed by atoms with E-state index in [9.17, 15) is 9.18 Å². The first-order valence-electron chi connectivity index (χ1n) is 8.37. The van der Waals surface area contributed by atoms with Gasteiger partial charge in [-0.05, 0) is 50.2 Å². The van der Waals surface area contributed by atoms with Crippen LogP contribution in [0.15, 0.2) is 65.2 Å². The number of anilines is 1. The Morgan fingerprint density at radius 1 is 1.15 bits per heavy atom. The summed E-state index contributed by atoms with van der Waals surface area (Å²) in [5.74, 6) is 0.226. The lowest BCUT2D eigenvalue weighted by molar-refractivity contribution is 0.191. The number of nitrogens with zero attached hydrogens (tertiary/aromatic N) is 2. The fourth-order valence-electron chi connectivity index (χ4n) is 2.52. The zero-order valence-electron chi connectivity index (χ0n) is 14.6. The van der Waals surface area contributed by atoms with Gasteiger partial charge >= 0.3 is 6.03 Å². The van der Waals surface area contributed by atoms with Crippen LogP contribution in [0.5, 0.6) is 0 Å². The van der Waals surface area contributed by atoms with Gasteiger partial charge in [0.15, 0.2) is 5.76 Å². The number of hydrogen-bond acceptors (Lipinski definition) is 3. The number of nitrogens with one attached hydrogen (secondary N) is 1. The number of benzene rings is 2. The van der Waals surface area contributed by atoms with Crippen LogP contribution in [0.4, 0.5) is 14.9 Å². The molecule has 2 amide bonds. The molecule has 5 nitrogen and oxygen atoms in total. The van der Waals surface area contributed by atoms with Crippen LogP contribution in [0.1, 0.15) is 19.5 Å². The minimum Gasteiger partial charge on any atom is -0.356 e. The third-order valence-electron chi connectivity index (χ3n) is 3.93. The van der Waals surface area contributed by atoms with Gasteiger partial charge in [-0.3, -0.25) is 0 Å². The summed E-state index contributed by atoms with van der Waals surface area (Å²) in [4.78, 5) is 14.3. The van der Waals surface area contributed by atoms with E-state index in [1.165, 1.54) is 12.1 Å². The zero-order chi connectivity index (χ0) is 18.5. The summed E-state index contributed by atoms with van der Waals surface area (Å²) < 4.78 is 18.4. The second-order valence-corrected chi connectivity index (χ2v) is 6.21. The average Bonchev–Trinajstić information content (AvgIpc) is 3.09. The van der Waals surface area contributed by atoms with E-state index in [0.717, 1.165) is 11.3 Å². The maximum atomic E-state index is 13.0. The van der Waals surface area contributed by atoms with Crippen molar-refractivity contribution in [3.8, 4) is 11.3 Å². The third kappa shape index (κ3) is 4.27. The van der Waals surface area contributed by atoms with Crippen molar-refractivity contribution in [2.75, 3.05) is 5.32 Å². The molecule has 0 saturated carbocycles. The number of rotatable bonds is 5. The van der Waals surface area contributed by atoms with Crippen molar-refractivity contribution >= 4 is 11.7 Å².